The molecular formula is C72H116ClF3N12O13. The number of likely N-dealkylation sites (N-methyl/N-ethyl adjacent to an activating group) is 7. The second kappa shape index (κ2) is 36.9. The fourth-order valence-corrected chi connectivity index (χ4v) is 16.4. The number of nitrogens with one attached hydrogen (secondary N) is 3. The average molecular weight is 1450 g/mol. The van der Waals surface area contributed by atoms with Gasteiger partial charge in [0, 0.05) is 74.3 Å². The predicted octanol–water partition coefficient (Wildman–Crippen LogP) is 5.47. The fraction of sp³-hybridized carbons (Fsp3) is 0.833. The van der Waals surface area contributed by atoms with Crippen LogP contribution >= 0.6 is 11.6 Å². The molecule has 101 heavy (non-hydrogen) atoms. The van der Waals surface area contributed by atoms with Crippen LogP contribution in [0, 0.1) is 29.6 Å². The van der Waals surface area contributed by atoms with Crippen molar-refractivity contribution in [1.82, 2.24) is 60.0 Å². The topological polar surface area (TPSA) is 279 Å². The van der Waals surface area contributed by atoms with Crippen LogP contribution in [0.4, 0.5) is 13.2 Å². The lowest BCUT2D eigenvalue weighted by Gasteiger charge is -2.41. The summed E-state index contributed by atoms with van der Waals surface area (Å²) in [5, 5.41) is 7.56. The number of likely N-dealkylation sites (tertiary alicyclic amines) is 1. The number of ether oxygens (including phenoxy) is 1. The van der Waals surface area contributed by atoms with E-state index >= 15 is 28.8 Å². The van der Waals surface area contributed by atoms with Crippen molar-refractivity contribution < 1.29 is 75.4 Å². The van der Waals surface area contributed by atoms with Crippen LogP contribution in [-0.2, 0) is 62.3 Å². The van der Waals surface area contributed by atoms with Crippen LogP contribution in [0.2, 0.25) is 0 Å². The van der Waals surface area contributed by atoms with Crippen LogP contribution in [0.3, 0.4) is 0 Å². The van der Waals surface area contributed by atoms with E-state index in [1.165, 1.54) is 73.8 Å². The summed E-state index contributed by atoms with van der Waals surface area (Å²) in [6.07, 6.45) is 6.11. The van der Waals surface area contributed by atoms with E-state index in [2.05, 4.69) is 16.0 Å². The molecule has 3 N–H and O–H groups in total. The van der Waals surface area contributed by atoms with Crippen molar-refractivity contribution >= 4 is 82.5 Å². The average Bonchev–Trinajstić information content (AvgIpc) is 1.70. The van der Waals surface area contributed by atoms with Crippen molar-refractivity contribution in [3.05, 3.63) is 0 Å². The largest absolute Gasteiger partial charge is 0.393 e. The van der Waals surface area contributed by atoms with Gasteiger partial charge >= 0.3 is 6.18 Å². The highest BCUT2D eigenvalue weighted by Crippen LogP contribution is 2.44. The van der Waals surface area contributed by atoms with Gasteiger partial charge in [-0.1, -0.05) is 79.1 Å². The number of carbonyl (C=O) groups excluding carboxylic acids is 12. The van der Waals surface area contributed by atoms with E-state index in [-0.39, 0.29) is 101 Å². The molecule has 3 unspecified atom stereocenters. The molecule has 570 valence electrons. The number of halogens is 4. The van der Waals surface area contributed by atoms with Crippen molar-refractivity contribution in [3.8, 4) is 0 Å². The molecule has 0 aromatic carbocycles. The summed E-state index contributed by atoms with van der Waals surface area (Å²) in [6.45, 7) is 6.15. The molecular weight excluding hydrogens is 1330 g/mol. The summed E-state index contributed by atoms with van der Waals surface area (Å²) in [6, 6.07) is -8.88. The van der Waals surface area contributed by atoms with Gasteiger partial charge in [0.25, 0.3) is 0 Å². The molecule has 7 rings (SSSR count). The van der Waals surface area contributed by atoms with Gasteiger partial charge in [0.05, 0.1) is 44.7 Å². The Hall–Kier alpha value is -6.32. The maximum absolute atomic E-state index is 15.6. The predicted molar refractivity (Wildman–Crippen MR) is 372 cm³/mol. The minimum absolute atomic E-state index is 0.00486. The second-order valence-electron chi connectivity index (χ2n) is 30.8. The van der Waals surface area contributed by atoms with Crippen molar-refractivity contribution in [2.45, 2.75) is 260 Å². The Kier molecular flexibility index (Phi) is 29.9. The molecule has 12 amide bonds. The zero-order chi connectivity index (χ0) is 74.4. The molecule has 0 aromatic rings. The normalized spacial score (nSPS) is 29.7. The standard InChI is InChI=1S/C72H116ClF3N12O13/c1-12-46(4)62-69(99)82(7)42-60(91)80(5)43-61(92)84(9)55(39-47-23-15-13-16-24-47)66(96)81(6)41-58(89)77-52(31-29-48-28-30-50(51(73)38-48)72(74,75)76)65(95)88-36-22-27-53(88)64(94)79-71(32-17-18-33-71)70(100)86(11)57(44-101-49-25-21-26-49)67(97)85(10)56(68(98)87-34-19-14-20-35-87)40-59(90)83(8)54(37-45(2)3)63(93)78-62/h45-57,62H,12-44H2,1-11H3,(H,77,89)(H,78,93)(H,79,94)/t46-,48?,50?,51?,52-,53-,54-,55-,56-,57-,62-/m0/s1. The molecule has 29 heteroatoms. The number of piperidine rings is 1. The van der Waals surface area contributed by atoms with Gasteiger partial charge in [-0.3, -0.25) is 57.5 Å². The molecule has 0 aromatic heterocycles. The van der Waals surface area contributed by atoms with Gasteiger partial charge in [-0.15, -0.1) is 11.6 Å². The molecule has 7 fully saturated rings. The van der Waals surface area contributed by atoms with Gasteiger partial charge in [-0.25, -0.2) is 0 Å². The van der Waals surface area contributed by atoms with Crippen LogP contribution in [-0.4, -0.2) is 276 Å². The summed E-state index contributed by atoms with van der Waals surface area (Å²) in [5.41, 5.74) is -1.60. The van der Waals surface area contributed by atoms with E-state index in [0.29, 0.717) is 64.5 Å². The zero-order valence-electron chi connectivity index (χ0n) is 61.8. The second-order valence-corrected chi connectivity index (χ2v) is 31.4. The smallest absolute Gasteiger partial charge is 0.376 e. The van der Waals surface area contributed by atoms with E-state index in [9.17, 15) is 41.9 Å². The van der Waals surface area contributed by atoms with Gasteiger partial charge in [-0.05, 0) is 133 Å². The van der Waals surface area contributed by atoms with Crippen LogP contribution < -0.4 is 16.0 Å². The van der Waals surface area contributed by atoms with E-state index in [0.717, 1.165) is 59.6 Å². The number of fused-ring (bicyclic) bond motifs is 1. The Morgan fingerprint density at radius 2 is 1.22 bits per heavy atom. The first-order valence-corrected chi connectivity index (χ1v) is 37.7. The summed E-state index contributed by atoms with van der Waals surface area (Å²) in [7, 11) is 9.89. The van der Waals surface area contributed by atoms with Crippen LogP contribution in [0.5, 0.6) is 0 Å². The van der Waals surface area contributed by atoms with Gasteiger partial charge in [0.1, 0.15) is 47.8 Å². The lowest BCUT2D eigenvalue weighted by molar-refractivity contribution is -0.182. The van der Waals surface area contributed by atoms with Gasteiger partial charge in [-0.2, -0.15) is 13.2 Å². The molecule has 3 saturated heterocycles. The molecule has 7 aliphatic rings. The van der Waals surface area contributed by atoms with Crippen LogP contribution in [0.25, 0.3) is 0 Å². The number of carbonyl (C=O) groups is 12. The number of alkyl halides is 4. The summed E-state index contributed by atoms with van der Waals surface area (Å²) in [5.74, 6) is -10.6. The summed E-state index contributed by atoms with van der Waals surface area (Å²) >= 11 is 6.40. The molecule has 3 aliphatic heterocycles. The van der Waals surface area contributed by atoms with Crippen molar-refractivity contribution in [3.63, 3.8) is 0 Å². The molecule has 0 radical (unpaired) electrons. The SMILES string of the molecule is CC[C@H](C)[C@@H]1NC(=O)[C@H](CC(C)C)N(C)C(=O)C[C@@H](C(=O)N2CCCCC2)N(C)C(=O)[C@H](COC2CCC2)N(C)C(=O)C2(CCCC2)NC(=O)[C@@H]2CCCN2C(=O)[C@H](CCC2CCC(C(F)(F)F)C(Cl)C2)NC(=O)CN(C)C(=O)[C@H](CC2CCCCC2)N(C)C(=O)CN(C)C(=O)CN(C)C1=O. The summed E-state index contributed by atoms with van der Waals surface area (Å²) in [4.78, 5) is 190. The van der Waals surface area contributed by atoms with Crippen LogP contribution in [0.1, 0.15) is 195 Å². The van der Waals surface area contributed by atoms with Gasteiger partial charge in [0.2, 0.25) is 70.9 Å². The Bertz CT molecular complexity index is 2930. The van der Waals surface area contributed by atoms with E-state index in [1.54, 1.807) is 11.8 Å². The minimum atomic E-state index is -4.51. The highest BCUT2D eigenvalue weighted by Gasteiger charge is 2.52. The highest BCUT2D eigenvalue weighted by molar-refractivity contribution is 6.21. The van der Waals surface area contributed by atoms with Crippen molar-refractivity contribution in [2.75, 3.05) is 95.2 Å². The van der Waals surface area contributed by atoms with E-state index < -0.39 is 168 Å². The van der Waals surface area contributed by atoms with Crippen LogP contribution in [0.15, 0.2) is 0 Å². The third kappa shape index (κ3) is 21.2. The lowest BCUT2D eigenvalue weighted by Crippen LogP contribution is -2.65. The molecule has 4 saturated carbocycles. The number of amides is 12. The highest BCUT2D eigenvalue weighted by atomic mass is 35.5. The van der Waals surface area contributed by atoms with Crippen molar-refractivity contribution in [1.29, 1.82) is 0 Å². The maximum atomic E-state index is 15.6. The number of nitrogens with zero attached hydrogens (tertiary/aromatic N) is 9. The van der Waals surface area contributed by atoms with E-state index in [4.69, 9.17) is 16.3 Å². The zero-order valence-corrected chi connectivity index (χ0v) is 62.5. The first-order chi connectivity index (χ1) is 47.7. The third-order valence-electron chi connectivity index (χ3n) is 23.0. The first-order valence-electron chi connectivity index (χ1n) is 37.3. The van der Waals surface area contributed by atoms with E-state index in [1.807, 2.05) is 20.8 Å². The Morgan fingerprint density at radius 1 is 0.594 bits per heavy atom. The Labute approximate surface area is 600 Å². The maximum Gasteiger partial charge on any atom is 0.393 e. The van der Waals surface area contributed by atoms with Crippen molar-refractivity contribution in [2.24, 2.45) is 29.6 Å². The van der Waals surface area contributed by atoms with Gasteiger partial charge in [0.15, 0.2) is 0 Å². The summed E-state index contributed by atoms with van der Waals surface area (Å²) < 4.78 is 48.4. The fourth-order valence-electron chi connectivity index (χ4n) is 15.8. The minimum Gasteiger partial charge on any atom is -0.376 e. The molecule has 0 bridgehead atoms. The third-order valence-corrected chi connectivity index (χ3v) is 23.5. The molecule has 25 nitrogen and oxygen atoms in total. The number of hydrogen-bond donors (Lipinski definition) is 3. The van der Waals surface area contributed by atoms with Gasteiger partial charge < -0.3 is 64.8 Å². The molecule has 1 spiro atoms. The molecule has 3 heterocycles. The Balaban J connectivity index is 1.27. The quantitative estimate of drug-likeness (QED) is 0.193. The Morgan fingerprint density at radius 3 is 1.82 bits per heavy atom. The monoisotopic (exact) mass is 1450 g/mol. The molecule has 4 aliphatic carbocycles. The molecule has 11 atom stereocenters. The first kappa shape index (κ1) is 82.0. The number of rotatable bonds is 13. The number of hydrogen-bond acceptors (Lipinski definition) is 13. The lowest BCUT2D eigenvalue weighted by atomic mass is 9.78.